The number of piperidine rings is 1. The lowest BCUT2D eigenvalue weighted by atomic mass is 9.95. The molecule has 0 atom stereocenters. The lowest BCUT2D eigenvalue weighted by Gasteiger charge is -2.30. The van der Waals surface area contributed by atoms with Gasteiger partial charge in [0.25, 0.3) is 5.91 Å². The maximum Gasteiger partial charge on any atom is 0.289 e. The Kier molecular flexibility index (Phi) is 5.24. The number of likely N-dealkylation sites (tertiary alicyclic amines) is 1. The van der Waals surface area contributed by atoms with Crippen molar-refractivity contribution in [2.24, 2.45) is 5.92 Å². The molecule has 142 valence electrons. The van der Waals surface area contributed by atoms with Gasteiger partial charge in [0, 0.05) is 24.7 Å². The van der Waals surface area contributed by atoms with E-state index in [2.05, 4.69) is 17.4 Å². The van der Waals surface area contributed by atoms with E-state index < -0.39 is 0 Å². The highest BCUT2D eigenvalue weighted by atomic mass is 16.3. The fraction of sp³-hybridized carbons (Fsp3) is 0.217. The van der Waals surface area contributed by atoms with Crippen LogP contribution in [0.3, 0.4) is 0 Å². The molecule has 0 bridgehead atoms. The van der Waals surface area contributed by atoms with E-state index in [4.69, 9.17) is 4.42 Å². The number of hydrogen-bond donors (Lipinski definition) is 1. The summed E-state index contributed by atoms with van der Waals surface area (Å²) in [5, 5.41) is 3.00. The van der Waals surface area contributed by atoms with E-state index in [-0.39, 0.29) is 17.7 Å². The van der Waals surface area contributed by atoms with Crippen LogP contribution in [0.5, 0.6) is 0 Å². The molecule has 2 aromatic carbocycles. The summed E-state index contributed by atoms with van der Waals surface area (Å²) < 4.78 is 5.17. The van der Waals surface area contributed by atoms with Crippen LogP contribution in [0.1, 0.15) is 23.4 Å². The topological polar surface area (TPSA) is 62.6 Å². The number of benzene rings is 2. The van der Waals surface area contributed by atoms with E-state index in [9.17, 15) is 9.59 Å². The van der Waals surface area contributed by atoms with E-state index in [1.807, 2.05) is 42.5 Å². The van der Waals surface area contributed by atoms with Crippen molar-refractivity contribution >= 4 is 17.5 Å². The number of anilines is 1. The summed E-state index contributed by atoms with van der Waals surface area (Å²) in [5.41, 5.74) is 3.05. The van der Waals surface area contributed by atoms with Crippen LogP contribution in [-0.4, -0.2) is 29.8 Å². The summed E-state index contributed by atoms with van der Waals surface area (Å²) >= 11 is 0. The lowest BCUT2D eigenvalue weighted by Crippen LogP contribution is -2.41. The summed E-state index contributed by atoms with van der Waals surface area (Å²) in [5.74, 6) is 0.161. The molecule has 0 spiro atoms. The molecule has 0 unspecified atom stereocenters. The van der Waals surface area contributed by atoms with Crippen LogP contribution in [0, 0.1) is 5.92 Å². The molecule has 0 radical (unpaired) electrons. The number of amides is 2. The van der Waals surface area contributed by atoms with E-state index in [1.165, 1.54) is 6.26 Å². The molecule has 2 heterocycles. The normalized spacial score (nSPS) is 14.6. The Labute approximate surface area is 164 Å². The van der Waals surface area contributed by atoms with Gasteiger partial charge in [-0.15, -0.1) is 0 Å². The van der Waals surface area contributed by atoms with Gasteiger partial charge < -0.3 is 14.6 Å². The predicted molar refractivity (Wildman–Crippen MR) is 108 cm³/mol. The lowest BCUT2D eigenvalue weighted by molar-refractivity contribution is -0.121. The molecular formula is C23H22N2O3. The molecule has 28 heavy (non-hydrogen) atoms. The van der Waals surface area contributed by atoms with Crippen molar-refractivity contribution in [1.82, 2.24) is 4.90 Å². The minimum atomic E-state index is -0.111. The van der Waals surface area contributed by atoms with Gasteiger partial charge in [0.15, 0.2) is 5.76 Å². The fourth-order valence-electron chi connectivity index (χ4n) is 3.52. The molecule has 1 N–H and O–H groups in total. The van der Waals surface area contributed by atoms with Crippen molar-refractivity contribution < 1.29 is 14.0 Å². The zero-order chi connectivity index (χ0) is 19.3. The summed E-state index contributed by atoms with van der Waals surface area (Å²) in [6, 6.07) is 21.4. The Balaban J connectivity index is 1.32. The summed E-state index contributed by atoms with van der Waals surface area (Å²) in [6.45, 7) is 1.12. The highest BCUT2D eigenvalue weighted by Crippen LogP contribution is 2.23. The maximum absolute atomic E-state index is 12.6. The average Bonchev–Trinajstić information content (AvgIpc) is 3.29. The Bertz CT molecular complexity index is 926. The van der Waals surface area contributed by atoms with Crippen molar-refractivity contribution in [3.63, 3.8) is 0 Å². The molecule has 3 aromatic rings. The van der Waals surface area contributed by atoms with Gasteiger partial charge in [-0.05, 0) is 48.2 Å². The first-order valence-electron chi connectivity index (χ1n) is 9.50. The third-order valence-corrected chi connectivity index (χ3v) is 5.14. The molecule has 5 heteroatoms. The standard InChI is InChI=1S/C23H22N2O3/c26-22(19-12-14-25(15-13-19)23(27)21-7-4-16-28-21)24-20-10-8-18(9-11-20)17-5-2-1-3-6-17/h1-11,16,19H,12-15H2,(H,24,26). The first-order valence-corrected chi connectivity index (χ1v) is 9.50. The minimum Gasteiger partial charge on any atom is -0.459 e. The number of furan rings is 1. The second-order valence-corrected chi connectivity index (χ2v) is 6.98. The fourth-order valence-corrected chi connectivity index (χ4v) is 3.52. The summed E-state index contributed by atoms with van der Waals surface area (Å²) in [4.78, 5) is 26.7. The molecule has 1 aromatic heterocycles. The number of nitrogens with one attached hydrogen (secondary N) is 1. The van der Waals surface area contributed by atoms with Crippen LogP contribution >= 0.6 is 0 Å². The first kappa shape index (κ1) is 18.0. The Morgan fingerprint density at radius 1 is 0.857 bits per heavy atom. The first-order chi connectivity index (χ1) is 13.7. The molecule has 2 amide bonds. The molecule has 5 nitrogen and oxygen atoms in total. The molecule has 4 rings (SSSR count). The van der Waals surface area contributed by atoms with E-state index in [0.717, 1.165) is 16.8 Å². The molecule has 0 saturated carbocycles. The number of nitrogens with zero attached hydrogens (tertiary/aromatic N) is 1. The van der Waals surface area contributed by atoms with Crippen LogP contribution in [-0.2, 0) is 4.79 Å². The zero-order valence-corrected chi connectivity index (χ0v) is 15.5. The second-order valence-electron chi connectivity index (χ2n) is 6.98. The number of carbonyl (C=O) groups is 2. The van der Waals surface area contributed by atoms with Gasteiger partial charge in [0.2, 0.25) is 5.91 Å². The minimum absolute atomic E-state index is 0.0116. The number of carbonyl (C=O) groups excluding carboxylic acids is 2. The molecule has 1 saturated heterocycles. The largest absolute Gasteiger partial charge is 0.459 e. The van der Waals surface area contributed by atoms with Gasteiger partial charge in [-0.2, -0.15) is 0 Å². The zero-order valence-electron chi connectivity index (χ0n) is 15.5. The van der Waals surface area contributed by atoms with Crippen molar-refractivity contribution in [3.05, 3.63) is 78.8 Å². The quantitative estimate of drug-likeness (QED) is 0.734. The smallest absolute Gasteiger partial charge is 0.289 e. The van der Waals surface area contributed by atoms with Crippen molar-refractivity contribution in [2.45, 2.75) is 12.8 Å². The average molecular weight is 374 g/mol. The van der Waals surface area contributed by atoms with E-state index in [1.54, 1.807) is 17.0 Å². The SMILES string of the molecule is O=C(Nc1ccc(-c2ccccc2)cc1)C1CCN(C(=O)c2ccco2)CC1. The Morgan fingerprint density at radius 2 is 1.54 bits per heavy atom. The van der Waals surface area contributed by atoms with Crippen LogP contribution in [0.4, 0.5) is 5.69 Å². The van der Waals surface area contributed by atoms with Crippen LogP contribution in [0.25, 0.3) is 11.1 Å². The monoisotopic (exact) mass is 374 g/mol. The molecule has 1 aliphatic rings. The van der Waals surface area contributed by atoms with Crippen molar-refractivity contribution in [1.29, 1.82) is 0 Å². The van der Waals surface area contributed by atoms with Crippen LogP contribution in [0.2, 0.25) is 0 Å². The number of rotatable bonds is 4. The van der Waals surface area contributed by atoms with Gasteiger partial charge in [0.05, 0.1) is 6.26 Å². The van der Waals surface area contributed by atoms with Crippen molar-refractivity contribution in [2.75, 3.05) is 18.4 Å². The van der Waals surface area contributed by atoms with Crippen molar-refractivity contribution in [3.8, 4) is 11.1 Å². The van der Waals surface area contributed by atoms with E-state index >= 15 is 0 Å². The predicted octanol–water partition coefficient (Wildman–Crippen LogP) is 4.44. The third kappa shape index (κ3) is 3.98. The third-order valence-electron chi connectivity index (χ3n) is 5.14. The van der Waals surface area contributed by atoms with Gasteiger partial charge >= 0.3 is 0 Å². The Hall–Kier alpha value is -3.34. The molecule has 0 aliphatic carbocycles. The summed E-state index contributed by atoms with van der Waals surface area (Å²) in [6.07, 6.45) is 2.80. The van der Waals surface area contributed by atoms with Crippen LogP contribution < -0.4 is 5.32 Å². The van der Waals surface area contributed by atoms with E-state index in [0.29, 0.717) is 31.7 Å². The maximum atomic E-state index is 12.6. The molecule has 1 fully saturated rings. The highest BCUT2D eigenvalue weighted by Gasteiger charge is 2.28. The van der Waals surface area contributed by atoms with Crippen LogP contribution in [0.15, 0.2) is 77.4 Å². The highest BCUT2D eigenvalue weighted by molar-refractivity contribution is 5.94. The molecular weight excluding hydrogens is 352 g/mol. The second kappa shape index (κ2) is 8.13. The van der Waals surface area contributed by atoms with Gasteiger partial charge in [-0.1, -0.05) is 42.5 Å². The van der Waals surface area contributed by atoms with Gasteiger partial charge in [-0.3, -0.25) is 9.59 Å². The van der Waals surface area contributed by atoms with Gasteiger partial charge in [0.1, 0.15) is 0 Å². The summed E-state index contributed by atoms with van der Waals surface area (Å²) in [7, 11) is 0. The Morgan fingerprint density at radius 3 is 2.18 bits per heavy atom. The molecule has 1 aliphatic heterocycles. The number of hydrogen-bond acceptors (Lipinski definition) is 3. The van der Waals surface area contributed by atoms with Gasteiger partial charge in [-0.25, -0.2) is 0 Å².